The molecule has 0 aliphatic heterocycles. The van der Waals surface area contributed by atoms with Gasteiger partial charge in [-0.15, -0.1) is 0 Å². The predicted molar refractivity (Wildman–Crippen MR) is 58.0 cm³/mol. The summed E-state index contributed by atoms with van der Waals surface area (Å²) in [6, 6.07) is 3.35. The Kier molecular flexibility index (Phi) is 7.28. The van der Waals surface area contributed by atoms with E-state index in [-0.39, 0.29) is 41.7 Å². The maximum Gasteiger partial charge on any atom is 1.00 e. The monoisotopic (exact) mass is 275 g/mol. The first kappa shape index (κ1) is 17.6. The Labute approximate surface area is 131 Å². The number of ether oxygens (including phenoxy) is 1. The molecule has 0 fully saturated rings. The van der Waals surface area contributed by atoms with E-state index in [0.717, 1.165) is 12.1 Å². The van der Waals surface area contributed by atoms with E-state index in [2.05, 4.69) is 0 Å². The molecule has 96 valence electrons. The second-order valence-corrected chi connectivity index (χ2v) is 3.38. The smallest absolute Gasteiger partial charge is 0.545 e. The van der Waals surface area contributed by atoms with Gasteiger partial charge in [0.1, 0.15) is 0 Å². The van der Waals surface area contributed by atoms with Gasteiger partial charge >= 0.3 is 35.5 Å². The van der Waals surface area contributed by atoms with Crippen LogP contribution in [0.3, 0.4) is 0 Å². The minimum Gasteiger partial charge on any atom is -0.545 e. The first-order valence-electron chi connectivity index (χ1n) is 5.15. The summed E-state index contributed by atoms with van der Waals surface area (Å²) in [6.07, 6.45) is 0.557. The Morgan fingerprint density at radius 3 is 2.47 bits per heavy atom. The molecule has 0 saturated heterocycles. The molecule has 0 amide bonds. The number of rotatable bonds is 5. The van der Waals surface area contributed by atoms with Crippen LogP contribution in [0.4, 0.5) is 5.69 Å². The van der Waals surface area contributed by atoms with Crippen molar-refractivity contribution in [2.45, 2.75) is 13.3 Å². The summed E-state index contributed by atoms with van der Waals surface area (Å²) in [7, 11) is 0. The van der Waals surface area contributed by atoms with Gasteiger partial charge in [0.05, 0.1) is 28.6 Å². The number of nitro groups is 1. The first-order valence-corrected chi connectivity index (χ1v) is 5.15. The van der Waals surface area contributed by atoms with Gasteiger partial charge in [-0.25, -0.2) is 4.79 Å². The number of carbonyl (C=O) groups excluding carboxylic acids is 2. The van der Waals surface area contributed by atoms with Crippen LogP contribution in [-0.4, -0.2) is 23.5 Å². The summed E-state index contributed by atoms with van der Waals surface area (Å²) >= 11 is 0. The van der Waals surface area contributed by atoms with Crippen LogP contribution in [0.5, 0.6) is 0 Å². The molecule has 0 saturated carbocycles. The Morgan fingerprint density at radius 1 is 1.37 bits per heavy atom. The molecule has 0 heterocycles. The number of benzene rings is 1. The van der Waals surface area contributed by atoms with Gasteiger partial charge in [0, 0.05) is 6.07 Å². The summed E-state index contributed by atoms with van der Waals surface area (Å²) in [5.41, 5.74) is -1.83. The van der Waals surface area contributed by atoms with Crippen LogP contribution in [0.2, 0.25) is 0 Å². The fourth-order valence-corrected chi connectivity index (χ4v) is 1.35. The molecule has 0 aliphatic rings. The second kappa shape index (κ2) is 7.88. The molecule has 0 N–H and O–H groups in total. The van der Waals surface area contributed by atoms with E-state index < -0.39 is 28.1 Å². The molecule has 19 heavy (non-hydrogen) atoms. The van der Waals surface area contributed by atoms with Gasteiger partial charge in [0.25, 0.3) is 5.69 Å². The van der Waals surface area contributed by atoms with E-state index in [1.54, 1.807) is 6.92 Å². The van der Waals surface area contributed by atoms with Gasteiger partial charge in [0.2, 0.25) is 0 Å². The zero-order valence-electron chi connectivity index (χ0n) is 10.5. The first-order chi connectivity index (χ1) is 8.49. The van der Waals surface area contributed by atoms with Crippen LogP contribution in [0.25, 0.3) is 0 Å². The van der Waals surface area contributed by atoms with Gasteiger partial charge in [-0.05, 0) is 12.5 Å². The topological polar surface area (TPSA) is 110 Å². The van der Waals surface area contributed by atoms with Crippen molar-refractivity contribution in [2.75, 3.05) is 6.61 Å². The number of hydrogen-bond donors (Lipinski definition) is 0. The minimum atomic E-state index is -1.79. The van der Waals surface area contributed by atoms with E-state index in [9.17, 15) is 24.8 Å². The summed E-state index contributed by atoms with van der Waals surface area (Å²) in [5, 5.41) is 21.6. The molecule has 8 heteroatoms. The molecule has 0 bridgehead atoms. The van der Waals surface area contributed by atoms with Crippen LogP contribution in [-0.2, 0) is 4.74 Å². The van der Waals surface area contributed by atoms with Gasteiger partial charge in [0.15, 0.2) is 0 Å². The zero-order valence-corrected chi connectivity index (χ0v) is 12.5. The molecule has 0 atom stereocenters. The SMILES string of the molecule is CCCOC(=O)c1cccc([N+](=O)[O-])c1C(=O)[O-].[Na+]. The maximum absolute atomic E-state index is 11.6. The van der Waals surface area contributed by atoms with E-state index >= 15 is 0 Å². The van der Waals surface area contributed by atoms with E-state index in [0.29, 0.717) is 6.42 Å². The second-order valence-electron chi connectivity index (χ2n) is 3.38. The zero-order chi connectivity index (χ0) is 13.7. The van der Waals surface area contributed by atoms with E-state index in [1.165, 1.54) is 6.07 Å². The van der Waals surface area contributed by atoms with Crippen molar-refractivity contribution >= 4 is 17.6 Å². The van der Waals surface area contributed by atoms with Crippen LogP contribution in [0.15, 0.2) is 18.2 Å². The molecule has 0 radical (unpaired) electrons. The normalized spacial score (nSPS) is 9.32. The summed E-state index contributed by atoms with van der Waals surface area (Å²) in [4.78, 5) is 32.3. The number of carboxylic acids is 1. The number of nitrogens with zero attached hydrogens (tertiary/aromatic N) is 1. The molecule has 1 aromatic carbocycles. The predicted octanol–water partition coefficient (Wildman–Crippen LogP) is -2.47. The van der Waals surface area contributed by atoms with E-state index in [1.807, 2.05) is 0 Å². The summed E-state index contributed by atoms with van der Waals surface area (Å²) in [6.45, 7) is 1.87. The average molecular weight is 275 g/mol. The van der Waals surface area contributed by atoms with Crippen molar-refractivity contribution in [3.05, 3.63) is 39.4 Å². The fraction of sp³-hybridized carbons (Fsp3) is 0.273. The van der Waals surface area contributed by atoms with Crippen LogP contribution >= 0.6 is 0 Å². The standard InChI is InChI=1S/C11H11NO6.Na/c1-2-6-18-11(15)7-4-3-5-8(12(16)17)9(7)10(13)14;/h3-5H,2,6H2,1H3,(H,13,14);/q;+1/p-1. The number of carbonyl (C=O) groups is 2. The number of carboxylic acid groups (broad SMARTS) is 1. The largest absolute Gasteiger partial charge is 1.00 e. The quantitative estimate of drug-likeness (QED) is 0.255. The van der Waals surface area contributed by atoms with Crippen molar-refractivity contribution in [1.82, 2.24) is 0 Å². The molecule has 7 nitrogen and oxygen atoms in total. The Bertz CT molecular complexity index is 502. The van der Waals surface area contributed by atoms with Crippen LogP contribution in [0.1, 0.15) is 34.1 Å². The molecule has 1 aromatic rings. The molecular formula is C11H10NNaO6. The number of nitro benzene ring substituents is 1. The van der Waals surface area contributed by atoms with Gasteiger partial charge in [-0.1, -0.05) is 13.0 Å². The molecule has 1 rings (SSSR count). The van der Waals surface area contributed by atoms with Crippen molar-refractivity contribution in [3.63, 3.8) is 0 Å². The van der Waals surface area contributed by atoms with E-state index in [4.69, 9.17) is 4.74 Å². The third-order valence-electron chi connectivity index (χ3n) is 2.10. The molecule has 0 aliphatic carbocycles. The Balaban J connectivity index is 0.00000324. The number of hydrogen-bond acceptors (Lipinski definition) is 6. The van der Waals surface area contributed by atoms with Crippen molar-refractivity contribution in [1.29, 1.82) is 0 Å². The van der Waals surface area contributed by atoms with Crippen LogP contribution < -0.4 is 34.7 Å². The average Bonchev–Trinajstić information content (AvgIpc) is 2.34. The summed E-state index contributed by atoms with van der Waals surface area (Å²) in [5.74, 6) is -2.70. The van der Waals surface area contributed by atoms with Crippen molar-refractivity contribution in [2.24, 2.45) is 0 Å². The van der Waals surface area contributed by atoms with Crippen LogP contribution in [0, 0.1) is 10.1 Å². The fourth-order valence-electron chi connectivity index (χ4n) is 1.35. The van der Waals surface area contributed by atoms with Gasteiger partial charge in [-0.3, -0.25) is 10.1 Å². The minimum absolute atomic E-state index is 0. The van der Waals surface area contributed by atoms with Crippen molar-refractivity contribution < 1.29 is 53.9 Å². The molecule has 0 unspecified atom stereocenters. The Hall–Kier alpha value is -1.44. The van der Waals surface area contributed by atoms with Crippen molar-refractivity contribution in [3.8, 4) is 0 Å². The number of esters is 1. The van der Waals surface area contributed by atoms with Gasteiger partial charge < -0.3 is 14.6 Å². The molecule has 0 spiro atoms. The third-order valence-corrected chi connectivity index (χ3v) is 2.10. The summed E-state index contributed by atoms with van der Waals surface area (Å²) < 4.78 is 4.75. The Morgan fingerprint density at radius 2 is 2.00 bits per heavy atom. The third kappa shape index (κ3) is 4.30. The molecule has 0 aromatic heterocycles. The van der Waals surface area contributed by atoms with Gasteiger partial charge in [-0.2, -0.15) is 0 Å². The maximum atomic E-state index is 11.6. The molecular weight excluding hydrogens is 265 g/mol. The number of aromatic carboxylic acids is 1.